The summed E-state index contributed by atoms with van der Waals surface area (Å²) in [5.41, 5.74) is 2.01. The Bertz CT molecular complexity index is 687. The second-order valence-corrected chi connectivity index (χ2v) is 8.46. The third-order valence-corrected chi connectivity index (χ3v) is 5.44. The second-order valence-electron chi connectivity index (χ2n) is 6.36. The van der Waals surface area contributed by atoms with E-state index in [1.807, 2.05) is 42.2 Å². The molecule has 0 fully saturated rings. The van der Waals surface area contributed by atoms with Gasteiger partial charge in [-0.05, 0) is 36.6 Å². The van der Waals surface area contributed by atoms with Crippen molar-refractivity contribution in [3.63, 3.8) is 0 Å². The third kappa shape index (κ3) is 4.60. The van der Waals surface area contributed by atoms with Crippen LogP contribution in [-0.4, -0.2) is 27.2 Å². The molecule has 0 bridgehead atoms. The van der Waals surface area contributed by atoms with Crippen LogP contribution in [0.5, 0.6) is 0 Å². The molecule has 0 saturated carbocycles. The molecule has 0 heterocycles. The van der Waals surface area contributed by atoms with Gasteiger partial charge in [-0.1, -0.05) is 50.2 Å². The van der Waals surface area contributed by atoms with Gasteiger partial charge in [-0.2, -0.15) is 10.6 Å². The molecule has 5 heteroatoms. The molecular weight excluding hydrogens is 320 g/mol. The predicted molar refractivity (Wildman–Crippen MR) is 104 cm³/mol. The van der Waals surface area contributed by atoms with Gasteiger partial charge in [0, 0.05) is 12.2 Å². The minimum atomic E-state index is -3.03. The molecule has 3 N–H and O–H groups in total. The van der Waals surface area contributed by atoms with Gasteiger partial charge in [0.2, 0.25) is 0 Å². The van der Waals surface area contributed by atoms with Crippen LogP contribution in [-0.2, 0) is 0 Å². The molecule has 0 spiro atoms. The Morgan fingerprint density at radius 1 is 1.04 bits per heavy atom. The number of para-hydroxylation sites is 1. The summed E-state index contributed by atoms with van der Waals surface area (Å²) in [6.07, 6.45) is 0. The minimum Gasteiger partial charge on any atom is -0.329 e. The number of aryl methyl sites for hydroxylation is 1. The van der Waals surface area contributed by atoms with Gasteiger partial charge in [-0.3, -0.25) is 14.5 Å². The van der Waals surface area contributed by atoms with Crippen molar-refractivity contribution in [2.75, 3.05) is 17.2 Å². The molecule has 0 aromatic heterocycles. The van der Waals surface area contributed by atoms with Crippen molar-refractivity contribution in [3.05, 3.63) is 60.2 Å². The maximum atomic E-state index is 10.5. The SMILES string of the molecule is Cc1ccccc1N(CC(C)C)C(=N)CS(O)(O)c1ccccc1. The topological polar surface area (TPSA) is 67.6 Å². The van der Waals surface area contributed by atoms with E-state index in [2.05, 4.69) is 13.8 Å². The monoisotopic (exact) mass is 346 g/mol. The number of nitrogens with one attached hydrogen (secondary N) is 1. The zero-order valence-electron chi connectivity index (χ0n) is 14.4. The Kier molecular flexibility index (Phi) is 6.04. The number of rotatable bonds is 6. The number of hydrogen-bond acceptors (Lipinski definition) is 3. The van der Waals surface area contributed by atoms with Crippen molar-refractivity contribution in [2.24, 2.45) is 5.92 Å². The molecule has 2 aromatic carbocycles. The molecule has 2 rings (SSSR count). The van der Waals surface area contributed by atoms with Crippen LogP contribution in [0, 0.1) is 18.3 Å². The largest absolute Gasteiger partial charge is 0.329 e. The maximum Gasteiger partial charge on any atom is 0.120 e. The molecule has 0 unspecified atom stereocenters. The summed E-state index contributed by atoms with van der Waals surface area (Å²) in [5.74, 6) is 0.489. The lowest BCUT2D eigenvalue weighted by molar-refractivity contribution is 0.491. The molecule has 0 radical (unpaired) electrons. The lowest BCUT2D eigenvalue weighted by Crippen LogP contribution is -2.37. The second kappa shape index (κ2) is 7.83. The van der Waals surface area contributed by atoms with Crippen molar-refractivity contribution < 1.29 is 9.11 Å². The number of amidine groups is 1. The van der Waals surface area contributed by atoms with E-state index in [4.69, 9.17) is 5.41 Å². The number of hydrogen-bond donors (Lipinski definition) is 3. The van der Waals surface area contributed by atoms with Crippen molar-refractivity contribution in [3.8, 4) is 0 Å². The van der Waals surface area contributed by atoms with Gasteiger partial charge in [0.15, 0.2) is 0 Å². The fourth-order valence-electron chi connectivity index (χ4n) is 2.58. The maximum absolute atomic E-state index is 10.5. The third-order valence-electron chi connectivity index (χ3n) is 3.74. The van der Waals surface area contributed by atoms with Crippen LogP contribution < -0.4 is 4.90 Å². The first-order valence-electron chi connectivity index (χ1n) is 8.03. The highest BCUT2D eigenvalue weighted by molar-refractivity contribution is 8.24. The molecule has 0 atom stereocenters. The first kappa shape index (κ1) is 18.5. The zero-order chi connectivity index (χ0) is 17.7. The van der Waals surface area contributed by atoms with Crippen molar-refractivity contribution in [1.82, 2.24) is 0 Å². The Hall–Kier alpha value is -1.82. The van der Waals surface area contributed by atoms with E-state index in [1.54, 1.807) is 24.3 Å². The first-order chi connectivity index (χ1) is 11.3. The van der Waals surface area contributed by atoms with Gasteiger partial charge in [-0.25, -0.2) is 0 Å². The molecule has 0 saturated heterocycles. The lowest BCUT2D eigenvalue weighted by atomic mass is 10.1. The highest BCUT2D eigenvalue weighted by Gasteiger charge is 2.23. The van der Waals surface area contributed by atoms with Gasteiger partial charge in [0.25, 0.3) is 0 Å². The predicted octanol–water partition coefficient (Wildman–Crippen LogP) is 5.24. The Labute approximate surface area is 146 Å². The lowest BCUT2D eigenvalue weighted by Gasteiger charge is -2.36. The van der Waals surface area contributed by atoms with Crippen molar-refractivity contribution in [1.29, 1.82) is 5.41 Å². The van der Waals surface area contributed by atoms with E-state index in [9.17, 15) is 9.11 Å². The minimum absolute atomic E-state index is 0.0853. The summed E-state index contributed by atoms with van der Waals surface area (Å²) in [4.78, 5) is 2.36. The summed E-state index contributed by atoms with van der Waals surface area (Å²) < 4.78 is 21.1. The standard InChI is InChI=1S/C19H26N2O2S/c1-15(2)13-21(18-12-8-7-9-16(18)3)19(20)14-24(22,23)17-10-5-4-6-11-17/h4-12,15,20,22-23H,13-14H2,1-3H3. The van der Waals surface area contributed by atoms with Gasteiger partial charge < -0.3 is 4.90 Å². The molecule has 24 heavy (non-hydrogen) atoms. The van der Waals surface area contributed by atoms with Crippen LogP contribution in [0.15, 0.2) is 59.5 Å². The van der Waals surface area contributed by atoms with Crippen LogP contribution in [0.3, 0.4) is 0 Å². The molecule has 0 amide bonds. The number of nitrogens with zero attached hydrogens (tertiary/aromatic N) is 1. The average molecular weight is 346 g/mol. The summed E-state index contributed by atoms with van der Waals surface area (Å²) in [6.45, 7) is 6.85. The van der Waals surface area contributed by atoms with Gasteiger partial charge in [0.1, 0.15) is 5.84 Å². The van der Waals surface area contributed by atoms with E-state index >= 15 is 0 Å². The highest BCUT2D eigenvalue weighted by Crippen LogP contribution is 2.48. The number of anilines is 1. The van der Waals surface area contributed by atoms with Crippen molar-refractivity contribution >= 4 is 22.1 Å². The van der Waals surface area contributed by atoms with E-state index in [0.29, 0.717) is 17.4 Å². The van der Waals surface area contributed by atoms with Crippen LogP contribution in [0.4, 0.5) is 5.69 Å². The molecule has 130 valence electrons. The smallest absolute Gasteiger partial charge is 0.120 e. The van der Waals surface area contributed by atoms with Gasteiger partial charge in [-0.15, -0.1) is 0 Å². The number of benzene rings is 2. The molecule has 0 aliphatic heterocycles. The summed E-state index contributed by atoms with van der Waals surface area (Å²) in [7, 11) is -3.03. The Morgan fingerprint density at radius 3 is 2.21 bits per heavy atom. The van der Waals surface area contributed by atoms with Crippen LogP contribution in [0.2, 0.25) is 0 Å². The fourth-order valence-corrected chi connectivity index (χ4v) is 3.87. The van der Waals surface area contributed by atoms with E-state index in [1.165, 1.54) is 0 Å². The molecular formula is C19H26N2O2S. The summed E-state index contributed by atoms with van der Waals surface area (Å²) in [6, 6.07) is 16.7. The molecule has 4 nitrogen and oxygen atoms in total. The van der Waals surface area contributed by atoms with E-state index in [0.717, 1.165) is 11.3 Å². The quantitative estimate of drug-likeness (QED) is 0.494. The van der Waals surface area contributed by atoms with Crippen LogP contribution >= 0.6 is 10.6 Å². The summed E-state index contributed by atoms with van der Waals surface area (Å²) >= 11 is 0. The van der Waals surface area contributed by atoms with E-state index < -0.39 is 10.6 Å². The van der Waals surface area contributed by atoms with Gasteiger partial charge >= 0.3 is 0 Å². The normalized spacial score (nSPS) is 12.2. The molecule has 2 aromatic rings. The fraction of sp³-hybridized carbons (Fsp3) is 0.316. The average Bonchev–Trinajstić information content (AvgIpc) is 2.53. The van der Waals surface area contributed by atoms with Crippen LogP contribution in [0.25, 0.3) is 0 Å². The Morgan fingerprint density at radius 2 is 1.62 bits per heavy atom. The highest BCUT2D eigenvalue weighted by atomic mass is 32.3. The molecule has 0 aliphatic rings. The van der Waals surface area contributed by atoms with Crippen molar-refractivity contribution in [2.45, 2.75) is 25.7 Å². The Balaban J connectivity index is 2.27. The van der Waals surface area contributed by atoms with Crippen LogP contribution in [0.1, 0.15) is 19.4 Å². The van der Waals surface area contributed by atoms with E-state index in [-0.39, 0.29) is 11.6 Å². The first-order valence-corrected chi connectivity index (χ1v) is 9.74. The zero-order valence-corrected chi connectivity index (χ0v) is 15.3. The van der Waals surface area contributed by atoms with Gasteiger partial charge in [0.05, 0.1) is 10.6 Å². The molecule has 0 aliphatic carbocycles. The summed E-state index contributed by atoms with van der Waals surface area (Å²) in [5, 5.41) is 8.51.